The zero-order valence-corrected chi connectivity index (χ0v) is 15.1. The van der Waals surface area contributed by atoms with Crippen molar-refractivity contribution in [2.45, 2.75) is 13.0 Å². The smallest absolute Gasteiger partial charge is 0.266 e. The number of amides is 1. The average Bonchev–Trinajstić information content (AvgIpc) is 2.86. The number of carboxylic acid groups (broad SMARTS) is 1. The Bertz CT molecular complexity index is 797. The number of carbonyl (C=O) groups excluding carboxylic acids is 2. The Morgan fingerprint density at radius 1 is 1.52 bits per heavy atom. The van der Waals surface area contributed by atoms with Crippen molar-refractivity contribution in [1.82, 2.24) is 4.90 Å². The lowest BCUT2D eigenvalue weighted by molar-refractivity contribution is -0.309. The molecule has 1 aliphatic rings. The van der Waals surface area contributed by atoms with E-state index in [2.05, 4.69) is 5.92 Å². The number of carbonyl (C=O) groups is 2. The molecule has 8 heteroatoms. The van der Waals surface area contributed by atoms with Crippen LogP contribution in [0.1, 0.15) is 12.5 Å². The first-order valence-corrected chi connectivity index (χ1v) is 8.33. The molecule has 1 heterocycles. The van der Waals surface area contributed by atoms with Gasteiger partial charge in [-0.15, -0.1) is 6.42 Å². The number of carboxylic acids is 1. The van der Waals surface area contributed by atoms with Gasteiger partial charge in [-0.1, -0.05) is 36.0 Å². The zero-order valence-electron chi connectivity index (χ0n) is 13.5. The number of hydrogen-bond donors (Lipinski definition) is 0. The van der Waals surface area contributed by atoms with Gasteiger partial charge in [0.1, 0.15) is 10.9 Å². The monoisotopic (exact) mass is 376 g/mol. The average molecular weight is 376 g/mol. The molecule has 1 fully saturated rings. The number of ether oxygens (including phenoxy) is 2. The molecule has 6 nitrogen and oxygen atoms in total. The molecule has 0 radical (unpaired) electrons. The van der Waals surface area contributed by atoms with E-state index in [4.69, 9.17) is 28.1 Å². The second kappa shape index (κ2) is 8.05. The van der Waals surface area contributed by atoms with Crippen LogP contribution in [0.15, 0.2) is 23.1 Å². The lowest BCUT2D eigenvalue weighted by atomic mass is 10.1. The maximum Gasteiger partial charge on any atom is 0.266 e. The van der Waals surface area contributed by atoms with Crippen molar-refractivity contribution in [3.05, 3.63) is 28.7 Å². The summed E-state index contributed by atoms with van der Waals surface area (Å²) in [5.41, 5.74) is 0.673. The van der Waals surface area contributed by atoms with Crippen LogP contribution in [0.25, 0.3) is 6.08 Å². The summed E-state index contributed by atoms with van der Waals surface area (Å²) < 4.78 is 10.8. The van der Waals surface area contributed by atoms with Crippen LogP contribution in [0.2, 0.25) is 0 Å². The highest BCUT2D eigenvalue weighted by atomic mass is 32.2. The summed E-state index contributed by atoms with van der Waals surface area (Å²) in [6.45, 7) is 1.46. The largest absolute Gasteiger partial charge is 0.548 e. The molecule has 0 aromatic heterocycles. The molecule has 130 valence electrons. The molecule has 1 aliphatic heterocycles. The van der Waals surface area contributed by atoms with Crippen LogP contribution in [-0.4, -0.2) is 40.9 Å². The van der Waals surface area contributed by atoms with Gasteiger partial charge < -0.3 is 19.4 Å². The minimum absolute atomic E-state index is 0.107. The van der Waals surface area contributed by atoms with E-state index in [0.717, 1.165) is 16.7 Å². The number of nitrogens with zero attached hydrogens (tertiary/aromatic N) is 1. The van der Waals surface area contributed by atoms with Gasteiger partial charge in [0.2, 0.25) is 0 Å². The maximum atomic E-state index is 12.4. The first kappa shape index (κ1) is 18.8. The lowest BCUT2D eigenvalue weighted by Crippen LogP contribution is -2.48. The first-order chi connectivity index (χ1) is 11.9. The van der Waals surface area contributed by atoms with Crippen LogP contribution in [0.4, 0.5) is 0 Å². The first-order valence-electron chi connectivity index (χ1n) is 7.11. The fourth-order valence-corrected chi connectivity index (χ4v) is 3.50. The normalized spacial score (nSPS) is 16.7. The van der Waals surface area contributed by atoms with E-state index >= 15 is 0 Å². The molecule has 25 heavy (non-hydrogen) atoms. The number of terminal acetylenes is 1. The van der Waals surface area contributed by atoms with Crippen molar-refractivity contribution < 1.29 is 24.2 Å². The molecule has 1 atom stereocenters. The van der Waals surface area contributed by atoms with Gasteiger partial charge in [0.25, 0.3) is 5.91 Å². The summed E-state index contributed by atoms with van der Waals surface area (Å²) in [4.78, 5) is 24.8. The highest BCUT2D eigenvalue weighted by molar-refractivity contribution is 8.26. The third kappa shape index (κ3) is 4.13. The second-order valence-corrected chi connectivity index (χ2v) is 6.63. The number of rotatable bonds is 6. The van der Waals surface area contributed by atoms with Gasteiger partial charge in [-0.25, -0.2) is 0 Å². The molecule has 2 rings (SSSR count). The van der Waals surface area contributed by atoms with Crippen molar-refractivity contribution in [3.8, 4) is 23.8 Å². The van der Waals surface area contributed by atoms with Crippen molar-refractivity contribution in [3.63, 3.8) is 0 Å². The Morgan fingerprint density at radius 2 is 2.24 bits per heavy atom. The van der Waals surface area contributed by atoms with E-state index in [1.807, 2.05) is 0 Å². The summed E-state index contributed by atoms with van der Waals surface area (Å²) in [6.07, 6.45) is 6.77. The number of hydrogen-bond acceptors (Lipinski definition) is 7. The van der Waals surface area contributed by atoms with Crippen LogP contribution in [0, 0.1) is 12.3 Å². The molecule has 0 saturated carbocycles. The molecule has 1 saturated heterocycles. The van der Waals surface area contributed by atoms with Crippen molar-refractivity contribution in [2.24, 2.45) is 0 Å². The van der Waals surface area contributed by atoms with Crippen molar-refractivity contribution in [1.29, 1.82) is 0 Å². The maximum absolute atomic E-state index is 12.4. The summed E-state index contributed by atoms with van der Waals surface area (Å²) >= 11 is 6.13. The quantitative estimate of drug-likeness (QED) is 0.417. The SMILES string of the molecule is C#CCOc1ccc(/C=C2\SC(=S)N([C@H](C)C(=O)[O-])C2=O)cc1OC. The van der Waals surface area contributed by atoms with E-state index in [9.17, 15) is 14.7 Å². The number of methoxy groups -OCH3 is 1. The Balaban J connectivity index is 2.29. The van der Waals surface area contributed by atoms with Gasteiger partial charge in [-0.05, 0) is 30.7 Å². The van der Waals surface area contributed by atoms with Gasteiger partial charge in [0.05, 0.1) is 24.0 Å². The molecular weight excluding hydrogens is 362 g/mol. The molecule has 0 bridgehead atoms. The molecule has 0 N–H and O–H groups in total. The Morgan fingerprint density at radius 3 is 2.84 bits per heavy atom. The molecule has 0 unspecified atom stereocenters. The van der Waals surface area contributed by atoms with Crippen molar-refractivity contribution in [2.75, 3.05) is 13.7 Å². The Hall–Kier alpha value is -2.50. The molecule has 0 aliphatic carbocycles. The van der Waals surface area contributed by atoms with Gasteiger partial charge in [-0.3, -0.25) is 9.69 Å². The topological polar surface area (TPSA) is 78.9 Å². The van der Waals surface area contributed by atoms with Gasteiger partial charge in [0, 0.05) is 0 Å². The minimum Gasteiger partial charge on any atom is -0.548 e. The fraction of sp³-hybridized carbons (Fsp3) is 0.235. The van der Waals surface area contributed by atoms with Gasteiger partial charge in [-0.2, -0.15) is 0 Å². The van der Waals surface area contributed by atoms with E-state index < -0.39 is 17.9 Å². The summed E-state index contributed by atoms with van der Waals surface area (Å²) in [5.74, 6) is 1.47. The van der Waals surface area contributed by atoms with Crippen LogP contribution in [-0.2, 0) is 9.59 Å². The van der Waals surface area contributed by atoms with Gasteiger partial charge in [0.15, 0.2) is 11.5 Å². The van der Waals surface area contributed by atoms with Crippen LogP contribution in [0.3, 0.4) is 0 Å². The molecule has 1 aromatic rings. The minimum atomic E-state index is -1.37. The standard InChI is InChI=1S/C17H15NO5S2/c1-4-7-23-12-6-5-11(8-13(12)22-3)9-14-15(19)18(17(24)25-14)10(2)16(20)21/h1,5-6,8-10H,7H2,2-3H3,(H,20,21)/p-1/b14-9-/t10-/m1/s1. The predicted octanol–water partition coefficient (Wildman–Crippen LogP) is 1.05. The summed E-state index contributed by atoms with van der Waals surface area (Å²) in [5, 5.41) is 11.0. The van der Waals surface area contributed by atoms with Crippen LogP contribution in [0.5, 0.6) is 11.5 Å². The highest BCUT2D eigenvalue weighted by Crippen LogP contribution is 2.35. The summed E-state index contributed by atoms with van der Waals surface area (Å²) in [6, 6.07) is 3.95. The number of thiocarbonyl (C=S) groups is 1. The number of aliphatic carboxylic acids is 1. The highest BCUT2D eigenvalue weighted by Gasteiger charge is 2.35. The summed E-state index contributed by atoms with van der Waals surface area (Å²) in [7, 11) is 1.49. The van der Waals surface area contributed by atoms with Gasteiger partial charge >= 0.3 is 0 Å². The zero-order chi connectivity index (χ0) is 18.6. The Labute approximate surface area is 154 Å². The third-order valence-electron chi connectivity index (χ3n) is 3.35. The predicted molar refractivity (Wildman–Crippen MR) is 96.8 cm³/mol. The molecule has 1 aromatic carbocycles. The fourth-order valence-electron chi connectivity index (χ4n) is 2.08. The Kier molecular flexibility index (Phi) is 6.07. The number of benzene rings is 1. The van der Waals surface area contributed by atoms with E-state index in [0.29, 0.717) is 22.0 Å². The second-order valence-electron chi connectivity index (χ2n) is 4.95. The lowest BCUT2D eigenvalue weighted by Gasteiger charge is -2.23. The number of thioether (sulfide) groups is 1. The molecule has 1 amide bonds. The third-order valence-corrected chi connectivity index (χ3v) is 4.68. The molecular formula is C17H14NO5S2-. The van der Waals surface area contributed by atoms with E-state index in [1.54, 1.807) is 24.3 Å². The van der Waals surface area contributed by atoms with Crippen LogP contribution < -0.4 is 14.6 Å². The van der Waals surface area contributed by atoms with Crippen LogP contribution >= 0.6 is 24.0 Å². The molecule has 0 spiro atoms. The van der Waals surface area contributed by atoms with Crippen molar-refractivity contribution >= 4 is 46.3 Å². The van der Waals surface area contributed by atoms with E-state index in [-0.39, 0.29) is 10.9 Å². The van der Waals surface area contributed by atoms with E-state index in [1.165, 1.54) is 14.0 Å².